The van der Waals surface area contributed by atoms with Gasteiger partial charge in [0.05, 0.1) is 4.90 Å². The summed E-state index contributed by atoms with van der Waals surface area (Å²) >= 11 is 0. The van der Waals surface area contributed by atoms with Crippen molar-refractivity contribution in [1.82, 2.24) is 0 Å². The Balaban J connectivity index is 0.00000144. The van der Waals surface area contributed by atoms with Crippen LogP contribution in [0.3, 0.4) is 0 Å². The number of benzene rings is 1. The molecule has 13 heavy (non-hydrogen) atoms. The zero-order valence-corrected chi connectivity index (χ0v) is 8.91. The van der Waals surface area contributed by atoms with Gasteiger partial charge >= 0.3 is 22.4 Å². The molecule has 0 spiro atoms. The number of phenolic OH excluding ortho intramolecular Hbond substituents is 1. The van der Waals surface area contributed by atoms with Crippen LogP contribution in [0.4, 0.5) is 0 Å². The van der Waals surface area contributed by atoms with Gasteiger partial charge in [-0.05, 0) is 19.1 Å². The van der Waals surface area contributed by atoms with Gasteiger partial charge in [0, 0.05) is 5.56 Å². The summed E-state index contributed by atoms with van der Waals surface area (Å²) < 4.78 is 31.6. The van der Waals surface area contributed by atoms with Gasteiger partial charge in [-0.3, -0.25) is 0 Å². The molecule has 4 nitrogen and oxygen atoms in total. The maximum Gasteiger partial charge on any atom is 1.00 e. The Morgan fingerprint density at radius 2 is 1.92 bits per heavy atom. The monoisotopic (exact) mass is 294 g/mol. The van der Waals surface area contributed by atoms with Gasteiger partial charge in [-0.25, -0.2) is 8.42 Å². The average molecular weight is 295 g/mol. The minimum Gasteiger partial charge on any atom is -0.744 e. The van der Waals surface area contributed by atoms with Crippen LogP contribution in [0.2, 0.25) is 0 Å². The molecule has 1 aromatic rings. The maximum absolute atomic E-state index is 10.5. The molecule has 1 N–H and O–H groups in total. The van der Waals surface area contributed by atoms with Crippen molar-refractivity contribution in [3.63, 3.8) is 0 Å². The molecular formula is C7H7AgO4S. The summed E-state index contributed by atoms with van der Waals surface area (Å²) in [5.74, 6) is -0.188. The summed E-state index contributed by atoms with van der Waals surface area (Å²) in [6.45, 7) is 1.38. The van der Waals surface area contributed by atoms with Crippen LogP contribution in [0.25, 0.3) is 0 Å². The molecule has 0 unspecified atom stereocenters. The largest absolute Gasteiger partial charge is 1.00 e. The van der Waals surface area contributed by atoms with Crippen LogP contribution in [0.5, 0.6) is 5.75 Å². The van der Waals surface area contributed by atoms with Crippen LogP contribution >= 0.6 is 0 Å². The minimum absolute atomic E-state index is 0. The Morgan fingerprint density at radius 1 is 1.38 bits per heavy atom. The maximum atomic E-state index is 10.5. The second-order valence-corrected chi connectivity index (χ2v) is 3.70. The number of phenols is 1. The van der Waals surface area contributed by atoms with E-state index in [1.165, 1.54) is 19.1 Å². The van der Waals surface area contributed by atoms with Gasteiger partial charge in [0.2, 0.25) is 0 Å². The molecule has 76 valence electrons. The van der Waals surface area contributed by atoms with Crippen molar-refractivity contribution in [3.05, 3.63) is 23.8 Å². The van der Waals surface area contributed by atoms with E-state index in [4.69, 9.17) is 5.11 Å². The second-order valence-electron chi connectivity index (χ2n) is 2.35. The Bertz CT molecular complexity index is 399. The van der Waals surface area contributed by atoms with Crippen molar-refractivity contribution in [2.24, 2.45) is 0 Å². The van der Waals surface area contributed by atoms with Gasteiger partial charge in [-0.2, -0.15) is 0 Å². The summed E-state index contributed by atoms with van der Waals surface area (Å²) in [6, 6.07) is 3.80. The summed E-state index contributed by atoms with van der Waals surface area (Å²) in [4.78, 5) is -0.373. The summed E-state index contributed by atoms with van der Waals surface area (Å²) in [6.07, 6.45) is 0. The number of hydrogen-bond acceptors (Lipinski definition) is 4. The summed E-state index contributed by atoms with van der Waals surface area (Å²) in [5.41, 5.74) is 0.0903. The topological polar surface area (TPSA) is 77.4 Å². The molecule has 0 amide bonds. The third kappa shape index (κ3) is 2.82. The average Bonchev–Trinajstić information content (AvgIpc) is 1.92. The van der Waals surface area contributed by atoms with Gasteiger partial charge in [0.1, 0.15) is 15.9 Å². The predicted molar refractivity (Wildman–Crippen MR) is 40.8 cm³/mol. The molecule has 0 atom stereocenters. The van der Waals surface area contributed by atoms with Crippen molar-refractivity contribution in [2.75, 3.05) is 0 Å². The Morgan fingerprint density at radius 3 is 2.31 bits per heavy atom. The van der Waals surface area contributed by atoms with E-state index in [-0.39, 0.29) is 38.6 Å². The third-order valence-corrected chi connectivity index (χ3v) is 2.51. The molecule has 0 aromatic heterocycles. The van der Waals surface area contributed by atoms with E-state index in [2.05, 4.69) is 0 Å². The van der Waals surface area contributed by atoms with Crippen molar-refractivity contribution in [3.8, 4) is 5.75 Å². The van der Waals surface area contributed by atoms with E-state index < -0.39 is 10.1 Å². The molecule has 1 aromatic carbocycles. The van der Waals surface area contributed by atoms with Crippen molar-refractivity contribution in [2.45, 2.75) is 11.8 Å². The number of hydrogen-bond donors (Lipinski definition) is 1. The molecule has 0 heterocycles. The molecule has 0 aliphatic heterocycles. The molecule has 0 aliphatic rings. The van der Waals surface area contributed by atoms with E-state index in [1.54, 1.807) is 0 Å². The Kier molecular flexibility index (Phi) is 4.15. The molecule has 0 radical (unpaired) electrons. The molecule has 0 saturated heterocycles. The fourth-order valence-corrected chi connectivity index (χ4v) is 1.60. The Labute approximate surface area is 91.9 Å². The Hall–Kier alpha value is -0.330. The molecule has 1 rings (SSSR count). The first kappa shape index (κ1) is 12.7. The normalized spacial score (nSPS) is 10.6. The summed E-state index contributed by atoms with van der Waals surface area (Å²) in [5, 5.41) is 9.06. The fraction of sp³-hybridized carbons (Fsp3) is 0.143. The second kappa shape index (κ2) is 4.26. The first-order valence-corrected chi connectivity index (χ1v) is 4.58. The van der Waals surface area contributed by atoms with Gasteiger partial charge in [0.15, 0.2) is 0 Å². The molecule has 6 heteroatoms. The molecule has 0 bridgehead atoms. The van der Waals surface area contributed by atoms with Crippen LogP contribution in [-0.2, 0) is 32.5 Å². The third-order valence-electron chi connectivity index (χ3n) is 1.52. The standard InChI is InChI=1S/C7H8O4S.Ag/c1-5-6(8)3-2-4-7(5)12(9,10)11;/h2-4,8H,1H3,(H,9,10,11);/q;+1/p-1. The van der Waals surface area contributed by atoms with Crippen molar-refractivity contribution >= 4 is 10.1 Å². The first-order valence-electron chi connectivity index (χ1n) is 3.17. The minimum atomic E-state index is -4.47. The van der Waals surface area contributed by atoms with Crippen molar-refractivity contribution in [1.29, 1.82) is 0 Å². The zero-order valence-electron chi connectivity index (χ0n) is 6.61. The van der Waals surface area contributed by atoms with E-state index in [1.807, 2.05) is 0 Å². The van der Waals surface area contributed by atoms with E-state index >= 15 is 0 Å². The molecular weight excluding hydrogens is 288 g/mol. The zero-order chi connectivity index (χ0) is 9.35. The van der Waals surface area contributed by atoms with Gasteiger partial charge < -0.3 is 9.66 Å². The molecule has 0 fully saturated rings. The van der Waals surface area contributed by atoms with E-state index in [0.717, 1.165) is 6.07 Å². The van der Waals surface area contributed by atoms with Crippen LogP contribution in [0, 0.1) is 6.92 Å². The van der Waals surface area contributed by atoms with Gasteiger partial charge in [-0.15, -0.1) is 0 Å². The van der Waals surface area contributed by atoms with Crippen LogP contribution in [0.1, 0.15) is 5.56 Å². The van der Waals surface area contributed by atoms with E-state index in [9.17, 15) is 13.0 Å². The number of aromatic hydroxyl groups is 1. The van der Waals surface area contributed by atoms with Crippen LogP contribution < -0.4 is 0 Å². The SMILES string of the molecule is Cc1c(O)cccc1S(=O)(=O)[O-].[Ag+]. The van der Waals surface area contributed by atoms with E-state index in [0.29, 0.717) is 0 Å². The quantitative estimate of drug-likeness (QED) is 0.608. The predicted octanol–water partition coefficient (Wildman–Crippen LogP) is 0.602. The molecule has 0 aliphatic carbocycles. The first-order chi connectivity index (χ1) is 5.43. The van der Waals surface area contributed by atoms with Gasteiger partial charge in [0.25, 0.3) is 0 Å². The number of rotatable bonds is 1. The smallest absolute Gasteiger partial charge is 0.744 e. The van der Waals surface area contributed by atoms with Crippen molar-refractivity contribution < 1.29 is 40.5 Å². The van der Waals surface area contributed by atoms with Gasteiger partial charge in [-0.1, -0.05) is 6.07 Å². The summed E-state index contributed by atoms with van der Waals surface area (Å²) in [7, 11) is -4.47. The fourth-order valence-electron chi connectivity index (χ4n) is 0.874. The van der Waals surface area contributed by atoms with Crippen LogP contribution in [-0.4, -0.2) is 18.1 Å². The molecule has 0 saturated carbocycles. The van der Waals surface area contributed by atoms with Crippen LogP contribution in [0.15, 0.2) is 23.1 Å².